The Bertz CT molecular complexity index is 567. The average molecular weight is 228 g/mol. The molecule has 0 bridgehead atoms. The number of hydrogen-bond acceptors (Lipinski definition) is 3. The first kappa shape index (κ1) is 11.4. The van der Waals surface area contributed by atoms with Gasteiger partial charge in [0.2, 0.25) is 5.95 Å². The van der Waals surface area contributed by atoms with Crippen molar-refractivity contribution in [3.05, 3.63) is 46.8 Å². The number of rotatable bonds is 2. The molecule has 0 amide bonds. The molecule has 0 radical (unpaired) electrons. The summed E-state index contributed by atoms with van der Waals surface area (Å²) in [6.45, 7) is 6.03. The summed E-state index contributed by atoms with van der Waals surface area (Å²) in [5.41, 5.74) is 10.1. The van der Waals surface area contributed by atoms with Crippen LogP contribution >= 0.6 is 0 Å². The lowest BCUT2D eigenvalue weighted by Crippen LogP contribution is -1.97. The van der Waals surface area contributed by atoms with E-state index in [9.17, 15) is 0 Å². The molecular formula is C13H16N4. The van der Waals surface area contributed by atoms with E-state index >= 15 is 0 Å². The molecule has 2 aromatic rings. The number of imidazole rings is 1. The average Bonchev–Trinajstić information content (AvgIpc) is 2.56. The Morgan fingerprint density at radius 2 is 2.06 bits per heavy atom. The van der Waals surface area contributed by atoms with E-state index in [0.717, 1.165) is 11.3 Å². The Morgan fingerprint density at radius 1 is 1.29 bits per heavy atom. The molecule has 17 heavy (non-hydrogen) atoms. The molecule has 1 aromatic carbocycles. The van der Waals surface area contributed by atoms with E-state index in [2.05, 4.69) is 36.1 Å². The van der Waals surface area contributed by atoms with Gasteiger partial charge in [0.1, 0.15) is 0 Å². The minimum atomic E-state index is 0.406. The van der Waals surface area contributed by atoms with Crippen molar-refractivity contribution in [3.63, 3.8) is 0 Å². The van der Waals surface area contributed by atoms with Gasteiger partial charge in [-0.25, -0.2) is 9.66 Å². The Hall–Kier alpha value is -2.10. The SMILES string of the molecule is Cc1ccc(C=Nn2cc(C)nc2N)c(C)c1. The highest BCUT2D eigenvalue weighted by Gasteiger charge is 1.99. The van der Waals surface area contributed by atoms with Crippen LogP contribution in [0, 0.1) is 20.8 Å². The highest BCUT2D eigenvalue weighted by atomic mass is 15.4. The van der Waals surface area contributed by atoms with Crippen molar-refractivity contribution in [3.8, 4) is 0 Å². The topological polar surface area (TPSA) is 56.2 Å². The van der Waals surface area contributed by atoms with Crippen molar-refractivity contribution in [1.29, 1.82) is 0 Å². The zero-order valence-electron chi connectivity index (χ0n) is 10.3. The minimum Gasteiger partial charge on any atom is -0.368 e. The molecule has 2 N–H and O–H groups in total. The summed E-state index contributed by atoms with van der Waals surface area (Å²) in [7, 11) is 0. The van der Waals surface area contributed by atoms with Crippen LogP contribution in [0.15, 0.2) is 29.5 Å². The first-order valence-corrected chi connectivity index (χ1v) is 5.49. The molecule has 0 saturated carbocycles. The Balaban J connectivity index is 2.29. The van der Waals surface area contributed by atoms with E-state index in [-0.39, 0.29) is 0 Å². The molecule has 0 aliphatic heterocycles. The third-order valence-corrected chi connectivity index (χ3v) is 2.58. The van der Waals surface area contributed by atoms with Crippen LogP contribution in [0.4, 0.5) is 5.95 Å². The number of aromatic nitrogens is 2. The molecule has 88 valence electrons. The van der Waals surface area contributed by atoms with Gasteiger partial charge < -0.3 is 5.73 Å². The van der Waals surface area contributed by atoms with Crippen LogP contribution in [0.5, 0.6) is 0 Å². The molecule has 0 aliphatic carbocycles. The molecule has 1 aromatic heterocycles. The maximum atomic E-state index is 5.71. The van der Waals surface area contributed by atoms with Crippen molar-refractivity contribution in [2.75, 3.05) is 5.73 Å². The molecule has 0 aliphatic rings. The molecular weight excluding hydrogens is 212 g/mol. The summed E-state index contributed by atoms with van der Waals surface area (Å²) >= 11 is 0. The first-order valence-electron chi connectivity index (χ1n) is 5.49. The maximum absolute atomic E-state index is 5.71. The van der Waals surface area contributed by atoms with Gasteiger partial charge in [-0.3, -0.25) is 0 Å². The highest BCUT2D eigenvalue weighted by molar-refractivity contribution is 5.81. The third-order valence-electron chi connectivity index (χ3n) is 2.58. The normalized spacial score (nSPS) is 11.2. The molecule has 4 nitrogen and oxygen atoms in total. The molecule has 0 unspecified atom stereocenters. The van der Waals surface area contributed by atoms with E-state index in [4.69, 9.17) is 5.73 Å². The standard InChI is InChI=1S/C13H16N4/c1-9-4-5-12(10(2)6-9)7-15-17-8-11(3)16-13(17)14/h4-8H,1-3H3,(H2,14,16). The lowest BCUT2D eigenvalue weighted by atomic mass is 10.1. The van der Waals surface area contributed by atoms with Gasteiger partial charge in [0.25, 0.3) is 0 Å². The largest absolute Gasteiger partial charge is 0.368 e. The fourth-order valence-corrected chi connectivity index (χ4v) is 1.69. The summed E-state index contributed by atoms with van der Waals surface area (Å²) in [5.74, 6) is 0.406. The van der Waals surface area contributed by atoms with Crippen LogP contribution in [-0.2, 0) is 0 Å². The van der Waals surface area contributed by atoms with Crippen molar-refractivity contribution in [1.82, 2.24) is 9.66 Å². The van der Waals surface area contributed by atoms with E-state index in [1.807, 2.05) is 13.0 Å². The minimum absolute atomic E-state index is 0.406. The number of anilines is 1. The molecule has 0 atom stereocenters. The maximum Gasteiger partial charge on any atom is 0.221 e. The van der Waals surface area contributed by atoms with Gasteiger partial charge in [-0.05, 0) is 31.9 Å². The lowest BCUT2D eigenvalue weighted by molar-refractivity contribution is 0.896. The summed E-state index contributed by atoms with van der Waals surface area (Å²) < 4.78 is 1.58. The fraction of sp³-hybridized carbons (Fsp3) is 0.231. The quantitative estimate of drug-likeness (QED) is 0.802. The molecule has 4 heteroatoms. The summed E-state index contributed by atoms with van der Waals surface area (Å²) in [5, 5.41) is 4.29. The fourth-order valence-electron chi connectivity index (χ4n) is 1.69. The monoisotopic (exact) mass is 228 g/mol. The van der Waals surface area contributed by atoms with Crippen LogP contribution in [-0.4, -0.2) is 15.9 Å². The van der Waals surface area contributed by atoms with Gasteiger partial charge in [0.15, 0.2) is 0 Å². The zero-order chi connectivity index (χ0) is 12.4. The Morgan fingerprint density at radius 3 is 2.65 bits per heavy atom. The van der Waals surface area contributed by atoms with Crippen molar-refractivity contribution >= 4 is 12.2 Å². The number of nitrogen functional groups attached to an aromatic ring is 1. The van der Waals surface area contributed by atoms with Crippen LogP contribution in [0.2, 0.25) is 0 Å². The number of aryl methyl sites for hydroxylation is 3. The van der Waals surface area contributed by atoms with E-state index in [1.54, 1.807) is 17.1 Å². The Kier molecular flexibility index (Phi) is 2.95. The van der Waals surface area contributed by atoms with E-state index in [0.29, 0.717) is 5.95 Å². The number of nitrogens with two attached hydrogens (primary N) is 1. The second-order valence-corrected chi connectivity index (χ2v) is 4.19. The first-order chi connectivity index (χ1) is 8.06. The molecule has 2 rings (SSSR count). The van der Waals surface area contributed by atoms with Crippen LogP contribution in [0.25, 0.3) is 0 Å². The van der Waals surface area contributed by atoms with Crippen molar-refractivity contribution in [2.45, 2.75) is 20.8 Å². The number of benzene rings is 1. The van der Waals surface area contributed by atoms with Crippen LogP contribution < -0.4 is 5.73 Å². The predicted molar refractivity (Wildman–Crippen MR) is 70.3 cm³/mol. The third kappa shape index (κ3) is 2.53. The van der Waals surface area contributed by atoms with Crippen molar-refractivity contribution in [2.24, 2.45) is 5.10 Å². The highest BCUT2D eigenvalue weighted by Crippen LogP contribution is 2.09. The second-order valence-electron chi connectivity index (χ2n) is 4.19. The van der Waals surface area contributed by atoms with Gasteiger partial charge in [0.05, 0.1) is 18.1 Å². The Labute approximate surface area is 101 Å². The van der Waals surface area contributed by atoms with Crippen LogP contribution in [0.1, 0.15) is 22.4 Å². The summed E-state index contributed by atoms with van der Waals surface area (Å²) in [6.07, 6.45) is 3.60. The second kappa shape index (κ2) is 4.41. The van der Waals surface area contributed by atoms with E-state index in [1.165, 1.54) is 11.1 Å². The van der Waals surface area contributed by atoms with Gasteiger partial charge >= 0.3 is 0 Å². The van der Waals surface area contributed by atoms with Gasteiger partial charge in [-0.1, -0.05) is 23.8 Å². The molecule has 0 saturated heterocycles. The number of nitrogens with zero attached hydrogens (tertiary/aromatic N) is 3. The number of hydrogen-bond donors (Lipinski definition) is 1. The summed E-state index contributed by atoms with van der Waals surface area (Å²) in [4.78, 5) is 4.09. The summed E-state index contributed by atoms with van der Waals surface area (Å²) in [6, 6.07) is 6.24. The zero-order valence-corrected chi connectivity index (χ0v) is 10.3. The lowest BCUT2D eigenvalue weighted by Gasteiger charge is -2.01. The molecule has 0 fully saturated rings. The molecule has 1 heterocycles. The predicted octanol–water partition coefficient (Wildman–Crippen LogP) is 2.27. The van der Waals surface area contributed by atoms with E-state index < -0.39 is 0 Å². The molecule has 0 spiro atoms. The van der Waals surface area contributed by atoms with Crippen molar-refractivity contribution < 1.29 is 0 Å². The van der Waals surface area contributed by atoms with Crippen LogP contribution in [0.3, 0.4) is 0 Å². The van der Waals surface area contributed by atoms with Gasteiger partial charge in [-0.15, -0.1) is 0 Å². The smallest absolute Gasteiger partial charge is 0.221 e. The van der Waals surface area contributed by atoms with Gasteiger partial charge in [0, 0.05) is 0 Å². The van der Waals surface area contributed by atoms with Gasteiger partial charge in [-0.2, -0.15) is 5.10 Å².